The fourth-order valence-electron chi connectivity index (χ4n) is 2.02. The molecule has 1 heterocycles. The van der Waals surface area contributed by atoms with E-state index in [1.807, 2.05) is 18.2 Å². The van der Waals surface area contributed by atoms with Gasteiger partial charge in [0, 0.05) is 20.4 Å². The lowest BCUT2D eigenvalue weighted by atomic mass is 10.2. The van der Waals surface area contributed by atoms with Crippen molar-refractivity contribution in [3.05, 3.63) is 47.0 Å². The maximum atomic E-state index is 7.64. The normalized spacial score (nSPS) is 13.0. The second-order valence-corrected chi connectivity index (χ2v) is 6.01. The van der Waals surface area contributed by atoms with Crippen LogP contribution in [0.3, 0.4) is 0 Å². The molecule has 21 heavy (non-hydrogen) atoms. The van der Waals surface area contributed by atoms with Crippen molar-refractivity contribution in [3.63, 3.8) is 0 Å². The highest BCUT2D eigenvalue weighted by molar-refractivity contribution is 7.99. The first-order valence-corrected chi connectivity index (χ1v) is 7.54. The molecule has 0 saturated heterocycles. The smallest absolute Gasteiger partial charge is 0.162 e. The van der Waals surface area contributed by atoms with Gasteiger partial charge in [0.25, 0.3) is 0 Å². The molecule has 3 N–H and O–H groups in total. The van der Waals surface area contributed by atoms with Gasteiger partial charge in [0.2, 0.25) is 0 Å². The Morgan fingerprint density at radius 3 is 2.62 bits per heavy atom. The Kier molecular flexibility index (Phi) is 3.94. The molecule has 2 aromatic carbocycles. The number of fused-ring (bicyclic) bond motifs is 1. The molecule has 1 aliphatic heterocycles. The van der Waals surface area contributed by atoms with Gasteiger partial charge in [-0.25, -0.2) is 0 Å². The van der Waals surface area contributed by atoms with Crippen molar-refractivity contribution in [2.45, 2.75) is 9.79 Å². The molecule has 108 valence electrons. The molecule has 0 unspecified atom stereocenters. The number of amidine groups is 1. The minimum Gasteiger partial charge on any atom is -0.486 e. The summed E-state index contributed by atoms with van der Waals surface area (Å²) >= 11 is 7.52. The van der Waals surface area contributed by atoms with E-state index in [1.165, 1.54) is 11.8 Å². The molecule has 0 radical (unpaired) electrons. The summed E-state index contributed by atoms with van der Waals surface area (Å²) in [5, 5.41) is 8.25. The third-order valence-corrected chi connectivity index (χ3v) is 4.26. The van der Waals surface area contributed by atoms with E-state index in [1.54, 1.807) is 18.2 Å². The summed E-state index contributed by atoms with van der Waals surface area (Å²) in [5.74, 6) is 1.51. The van der Waals surface area contributed by atoms with Crippen LogP contribution in [-0.2, 0) is 0 Å². The van der Waals surface area contributed by atoms with Gasteiger partial charge in [0.1, 0.15) is 19.0 Å². The average molecular weight is 321 g/mol. The Balaban J connectivity index is 1.93. The largest absolute Gasteiger partial charge is 0.486 e. The molecule has 2 aromatic rings. The van der Waals surface area contributed by atoms with E-state index in [0.717, 1.165) is 21.3 Å². The van der Waals surface area contributed by atoms with E-state index in [2.05, 4.69) is 0 Å². The number of rotatable bonds is 3. The van der Waals surface area contributed by atoms with Crippen LogP contribution in [0.5, 0.6) is 11.5 Å². The first-order chi connectivity index (χ1) is 10.1. The zero-order valence-electron chi connectivity index (χ0n) is 11.1. The van der Waals surface area contributed by atoms with Crippen LogP contribution in [0.1, 0.15) is 5.56 Å². The molecule has 0 fully saturated rings. The van der Waals surface area contributed by atoms with Crippen LogP contribution in [0.15, 0.2) is 46.2 Å². The van der Waals surface area contributed by atoms with Crippen LogP contribution in [0, 0.1) is 5.41 Å². The highest BCUT2D eigenvalue weighted by Crippen LogP contribution is 2.38. The standard InChI is InChI=1S/C15H13ClN2O2S/c16-9-1-3-11(15(17)18)14(7-9)21-10-2-4-12-13(8-10)20-6-5-19-12/h1-4,7-8H,5-6H2,(H3,17,18). The SMILES string of the molecule is N=C(N)c1ccc(Cl)cc1Sc1ccc2c(c1)OCCO2. The van der Waals surface area contributed by atoms with Gasteiger partial charge in [-0.15, -0.1) is 0 Å². The van der Waals surface area contributed by atoms with Gasteiger partial charge in [0.05, 0.1) is 0 Å². The number of benzene rings is 2. The molecule has 0 spiro atoms. The van der Waals surface area contributed by atoms with E-state index in [9.17, 15) is 0 Å². The predicted octanol–water partition coefficient (Wildman–Crippen LogP) is 3.55. The van der Waals surface area contributed by atoms with E-state index < -0.39 is 0 Å². The van der Waals surface area contributed by atoms with Crippen molar-refractivity contribution in [2.24, 2.45) is 5.73 Å². The Bertz CT molecular complexity index is 706. The van der Waals surface area contributed by atoms with Crippen LogP contribution in [-0.4, -0.2) is 19.0 Å². The molecule has 3 rings (SSSR count). The van der Waals surface area contributed by atoms with Gasteiger partial charge in [-0.2, -0.15) is 0 Å². The molecule has 0 amide bonds. The molecule has 0 bridgehead atoms. The quantitative estimate of drug-likeness (QED) is 0.670. The number of nitrogens with one attached hydrogen (secondary N) is 1. The summed E-state index contributed by atoms with van der Waals surface area (Å²) in [5.41, 5.74) is 6.28. The number of ether oxygens (including phenoxy) is 2. The monoisotopic (exact) mass is 320 g/mol. The Morgan fingerprint density at radius 1 is 1.10 bits per heavy atom. The van der Waals surface area contributed by atoms with Crippen LogP contribution in [0.4, 0.5) is 0 Å². The zero-order chi connectivity index (χ0) is 14.8. The number of halogens is 1. The van der Waals surface area contributed by atoms with Crippen LogP contribution in [0.25, 0.3) is 0 Å². The lowest BCUT2D eigenvalue weighted by molar-refractivity contribution is 0.171. The summed E-state index contributed by atoms with van der Waals surface area (Å²) in [6.07, 6.45) is 0. The second-order valence-electron chi connectivity index (χ2n) is 4.46. The number of nitrogen functional groups attached to an aromatic ring is 1. The van der Waals surface area contributed by atoms with Crippen molar-refractivity contribution < 1.29 is 9.47 Å². The highest BCUT2D eigenvalue weighted by Gasteiger charge is 2.14. The van der Waals surface area contributed by atoms with Gasteiger partial charge in [0.15, 0.2) is 11.5 Å². The number of nitrogens with two attached hydrogens (primary N) is 1. The molecule has 0 aliphatic carbocycles. The third kappa shape index (κ3) is 3.09. The summed E-state index contributed by atoms with van der Waals surface area (Å²) in [4.78, 5) is 1.82. The molecule has 0 atom stereocenters. The van der Waals surface area contributed by atoms with Gasteiger partial charge in [-0.1, -0.05) is 23.4 Å². The maximum Gasteiger partial charge on any atom is 0.162 e. The third-order valence-electron chi connectivity index (χ3n) is 2.98. The van der Waals surface area contributed by atoms with Crippen molar-refractivity contribution >= 4 is 29.2 Å². The lowest BCUT2D eigenvalue weighted by Crippen LogP contribution is -2.15. The number of hydrogen-bond donors (Lipinski definition) is 2. The van der Waals surface area contributed by atoms with Crippen molar-refractivity contribution in [2.75, 3.05) is 13.2 Å². The topological polar surface area (TPSA) is 68.3 Å². The van der Waals surface area contributed by atoms with E-state index >= 15 is 0 Å². The molecule has 4 nitrogen and oxygen atoms in total. The first-order valence-electron chi connectivity index (χ1n) is 6.35. The summed E-state index contributed by atoms with van der Waals surface area (Å²) < 4.78 is 11.1. The van der Waals surface area contributed by atoms with Crippen LogP contribution < -0.4 is 15.2 Å². The molecule has 1 aliphatic rings. The molecule has 6 heteroatoms. The van der Waals surface area contributed by atoms with Crippen molar-refractivity contribution in [1.29, 1.82) is 5.41 Å². The predicted molar refractivity (Wildman–Crippen MR) is 84.0 cm³/mol. The fourth-order valence-corrected chi connectivity index (χ4v) is 3.28. The van der Waals surface area contributed by atoms with E-state index in [-0.39, 0.29) is 5.84 Å². The Labute approximate surface area is 131 Å². The second kappa shape index (κ2) is 5.87. The summed E-state index contributed by atoms with van der Waals surface area (Å²) in [7, 11) is 0. The first kappa shape index (κ1) is 14.1. The molecular formula is C15H13ClN2O2S. The fraction of sp³-hybridized carbons (Fsp3) is 0.133. The molecule has 0 saturated carbocycles. The van der Waals surface area contributed by atoms with Gasteiger partial charge in [-0.05, 0) is 36.4 Å². The van der Waals surface area contributed by atoms with Crippen LogP contribution >= 0.6 is 23.4 Å². The highest BCUT2D eigenvalue weighted by atomic mass is 35.5. The minimum atomic E-state index is 0.0201. The van der Waals surface area contributed by atoms with E-state index in [0.29, 0.717) is 23.8 Å². The number of hydrogen-bond acceptors (Lipinski definition) is 4. The molecular weight excluding hydrogens is 308 g/mol. The Morgan fingerprint density at radius 2 is 1.86 bits per heavy atom. The average Bonchev–Trinajstić information content (AvgIpc) is 2.47. The van der Waals surface area contributed by atoms with Gasteiger partial charge >= 0.3 is 0 Å². The Hall–Kier alpha value is -1.85. The van der Waals surface area contributed by atoms with Crippen LogP contribution in [0.2, 0.25) is 5.02 Å². The van der Waals surface area contributed by atoms with Gasteiger partial charge in [-0.3, -0.25) is 5.41 Å². The van der Waals surface area contributed by atoms with Gasteiger partial charge < -0.3 is 15.2 Å². The summed E-state index contributed by atoms with van der Waals surface area (Å²) in [6.45, 7) is 1.12. The summed E-state index contributed by atoms with van der Waals surface area (Å²) in [6, 6.07) is 11.0. The van der Waals surface area contributed by atoms with Crippen molar-refractivity contribution in [3.8, 4) is 11.5 Å². The lowest BCUT2D eigenvalue weighted by Gasteiger charge is -2.19. The molecule has 0 aromatic heterocycles. The maximum absolute atomic E-state index is 7.64. The van der Waals surface area contributed by atoms with Crippen molar-refractivity contribution in [1.82, 2.24) is 0 Å². The van der Waals surface area contributed by atoms with E-state index in [4.69, 9.17) is 32.2 Å². The minimum absolute atomic E-state index is 0.0201. The zero-order valence-corrected chi connectivity index (χ0v) is 12.6.